The molecule has 0 unspecified atom stereocenters. The minimum atomic E-state index is -0.671. The second-order valence-corrected chi connectivity index (χ2v) is 5.92. The van der Waals surface area contributed by atoms with Gasteiger partial charge in [0.1, 0.15) is 6.29 Å². The molecular formula is C18H14N2O5. The zero-order valence-electron chi connectivity index (χ0n) is 13.3. The summed E-state index contributed by atoms with van der Waals surface area (Å²) in [7, 11) is 0. The van der Waals surface area contributed by atoms with Gasteiger partial charge < -0.3 is 0 Å². The number of hydrogen-bond donors (Lipinski definition) is 0. The lowest BCUT2D eigenvalue weighted by Gasteiger charge is -2.24. The lowest BCUT2D eigenvalue weighted by atomic mass is 9.78. The molecule has 3 rings (SSSR count). The van der Waals surface area contributed by atoms with Crippen LogP contribution in [0.25, 0.3) is 6.08 Å². The maximum absolute atomic E-state index is 11.6. The van der Waals surface area contributed by atoms with Gasteiger partial charge in [-0.1, -0.05) is 24.3 Å². The molecule has 0 saturated heterocycles. The minimum absolute atomic E-state index is 0.249. The third kappa shape index (κ3) is 2.91. The van der Waals surface area contributed by atoms with E-state index in [1.165, 1.54) is 12.1 Å². The molecule has 126 valence electrons. The van der Waals surface area contributed by atoms with Crippen molar-refractivity contribution in [3.8, 4) is 0 Å². The summed E-state index contributed by atoms with van der Waals surface area (Å²) in [6.45, 7) is 1.91. The Morgan fingerprint density at radius 3 is 2.44 bits per heavy atom. The summed E-state index contributed by atoms with van der Waals surface area (Å²) >= 11 is 0. The van der Waals surface area contributed by atoms with Gasteiger partial charge in [0.25, 0.3) is 11.4 Å². The molecule has 1 aliphatic rings. The molecular weight excluding hydrogens is 324 g/mol. The van der Waals surface area contributed by atoms with Crippen LogP contribution in [0.15, 0.2) is 42.0 Å². The van der Waals surface area contributed by atoms with Gasteiger partial charge in [0, 0.05) is 23.1 Å². The molecule has 0 bridgehead atoms. The van der Waals surface area contributed by atoms with Crippen molar-refractivity contribution in [1.82, 2.24) is 0 Å². The minimum Gasteiger partial charge on any atom is -0.298 e. The quantitative estimate of drug-likeness (QED) is 0.480. The number of non-ortho nitro benzene ring substituents is 1. The zero-order chi connectivity index (χ0) is 18.1. The number of nitro benzene ring substituents is 2. The molecule has 1 atom stereocenters. The molecule has 7 nitrogen and oxygen atoms in total. The summed E-state index contributed by atoms with van der Waals surface area (Å²) in [5, 5.41) is 22.4. The van der Waals surface area contributed by atoms with E-state index in [1.54, 1.807) is 0 Å². The van der Waals surface area contributed by atoms with Crippen molar-refractivity contribution in [3.63, 3.8) is 0 Å². The van der Waals surface area contributed by atoms with E-state index in [4.69, 9.17) is 0 Å². The van der Waals surface area contributed by atoms with Crippen LogP contribution in [0.2, 0.25) is 0 Å². The summed E-state index contributed by atoms with van der Waals surface area (Å²) < 4.78 is 0. The molecule has 0 saturated carbocycles. The van der Waals surface area contributed by atoms with E-state index in [0.717, 1.165) is 17.2 Å². The standard InChI is InChI=1S/C18H14N2O5/c1-11-4-2-3-5-15(11)16-9-17-12(6-13(16)10-21)7-14(19(22)23)8-18(17)20(24)25/h2-8,10,16H,9H2,1H3/t16-/m0/s1. The number of aryl methyl sites for hydroxylation is 1. The van der Waals surface area contributed by atoms with Gasteiger partial charge in [-0.05, 0) is 36.1 Å². The molecule has 7 heteroatoms. The number of rotatable bonds is 4. The topological polar surface area (TPSA) is 103 Å². The highest BCUT2D eigenvalue weighted by Crippen LogP contribution is 2.41. The van der Waals surface area contributed by atoms with E-state index in [1.807, 2.05) is 31.2 Å². The Balaban J connectivity index is 2.21. The first-order valence-electron chi connectivity index (χ1n) is 7.60. The van der Waals surface area contributed by atoms with Crippen molar-refractivity contribution in [2.24, 2.45) is 0 Å². The Labute approximate surface area is 142 Å². The van der Waals surface area contributed by atoms with Gasteiger partial charge in [-0.15, -0.1) is 0 Å². The lowest BCUT2D eigenvalue weighted by Crippen LogP contribution is -2.15. The molecule has 2 aromatic carbocycles. The maximum atomic E-state index is 11.6. The van der Waals surface area contributed by atoms with Crippen molar-refractivity contribution in [3.05, 3.63) is 84.5 Å². The van der Waals surface area contributed by atoms with Crippen LogP contribution in [0, 0.1) is 27.2 Å². The van der Waals surface area contributed by atoms with Gasteiger partial charge in [0.05, 0.1) is 15.9 Å². The Morgan fingerprint density at radius 2 is 1.84 bits per heavy atom. The number of fused-ring (bicyclic) bond motifs is 1. The van der Waals surface area contributed by atoms with Crippen LogP contribution in [0.1, 0.15) is 28.2 Å². The summed E-state index contributed by atoms with van der Waals surface area (Å²) in [5.74, 6) is -0.314. The number of aldehydes is 1. The highest BCUT2D eigenvalue weighted by atomic mass is 16.6. The van der Waals surface area contributed by atoms with Crippen molar-refractivity contribution < 1.29 is 14.6 Å². The fourth-order valence-electron chi connectivity index (χ4n) is 3.27. The first-order chi connectivity index (χ1) is 11.9. The number of nitro groups is 2. The first kappa shape index (κ1) is 16.5. The maximum Gasteiger partial charge on any atom is 0.280 e. The lowest BCUT2D eigenvalue weighted by molar-refractivity contribution is -0.394. The van der Waals surface area contributed by atoms with Gasteiger partial charge in [-0.25, -0.2) is 0 Å². The average molecular weight is 338 g/mol. The number of allylic oxidation sites excluding steroid dienone is 1. The highest BCUT2D eigenvalue weighted by Gasteiger charge is 2.31. The van der Waals surface area contributed by atoms with Crippen LogP contribution < -0.4 is 0 Å². The number of carbonyl (C=O) groups is 1. The number of carbonyl (C=O) groups excluding carboxylic acids is 1. The largest absolute Gasteiger partial charge is 0.298 e. The van der Waals surface area contributed by atoms with Gasteiger partial charge in [0.2, 0.25) is 0 Å². The molecule has 0 amide bonds. The predicted octanol–water partition coefficient (Wildman–Crippen LogP) is 3.73. The van der Waals surface area contributed by atoms with Gasteiger partial charge in [0.15, 0.2) is 0 Å². The van der Waals surface area contributed by atoms with Crippen LogP contribution in [0.3, 0.4) is 0 Å². The van der Waals surface area contributed by atoms with Crippen LogP contribution in [-0.2, 0) is 11.2 Å². The van der Waals surface area contributed by atoms with Crippen LogP contribution >= 0.6 is 0 Å². The Kier molecular flexibility index (Phi) is 4.14. The van der Waals surface area contributed by atoms with E-state index in [9.17, 15) is 25.0 Å². The molecule has 1 aliphatic carbocycles. The van der Waals surface area contributed by atoms with E-state index in [2.05, 4.69) is 0 Å². The average Bonchev–Trinajstić information content (AvgIpc) is 2.59. The summed E-state index contributed by atoms with van der Waals surface area (Å²) in [6, 6.07) is 9.79. The first-order valence-corrected chi connectivity index (χ1v) is 7.60. The normalized spacial score (nSPS) is 15.9. The Morgan fingerprint density at radius 1 is 1.12 bits per heavy atom. The molecule has 0 spiro atoms. The van der Waals surface area contributed by atoms with E-state index < -0.39 is 9.85 Å². The molecule has 0 N–H and O–H groups in total. The van der Waals surface area contributed by atoms with E-state index >= 15 is 0 Å². The SMILES string of the molecule is Cc1ccccc1[C@H]1Cc2c(cc([N+](=O)[O-])cc2[N+](=O)[O-])C=C1C=O. The van der Waals surface area contributed by atoms with Crippen molar-refractivity contribution >= 4 is 23.7 Å². The fourth-order valence-corrected chi connectivity index (χ4v) is 3.27. The van der Waals surface area contributed by atoms with Crippen molar-refractivity contribution in [2.45, 2.75) is 19.3 Å². The van der Waals surface area contributed by atoms with Crippen molar-refractivity contribution in [1.29, 1.82) is 0 Å². The second-order valence-electron chi connectivity index (χ2n) is 5.92. The third-order valence-corrected chi connectivity index (χ3v) is 4.49. The molecule has 0 radical (unpaired) electrons. The number of hydrogen-bond acceptors (Lipinski definition) is 5. The fraction of sp³-hybridized carbons (Fsp3) is 0.167. The van der Waals surface area contributed by atoms with Crippen molar-refractivity contribution in [2.75, 3.05) is 0 Å². The van der Waals surface area contributed by atoms with E-state index in [-0.39, 0.29) is 23.7 Å². The summed E-state index contributed by atoms with van der Waals surface area (Å²) in [4.78, 5) is 32.7. The monoisotopic (exact) mass is 338 g/mol. The number of nitrogens with zero attached hydrogens (tertiary/aromatic N) is 2. The molecule has 2 aromatic rings. The van der Waals surface area contributed by atoms with Gasteiger partial charge >= 0.3 is 0 Å². The van der Waals surface area contributed by atoms with Crippen LogP contribution in [0.5, 0.6) is 0 Å². The van der Waals surface area contributed by atoms with Crippen LogP contribution in [-0.4, -0.2) is 16.1 Å². The Hall–Kier alpha value is -3.35. The number of benzene rings is 2. The molecule has 25 heavy (non-hydrogen) atoms. The van der Waals surface area contributed by atoms with Crippen LogP contribution in [0.4, 0.5) is 11.4 Å². The zero-order valence-corrected chi connectivity index (χ0v) is 13.3. The molecule has 0 fully saturated rings. The van der Waals surface area contributed by atoms with Gasteiger partial charge in [-0.2, -0.15) is 0 Å². The van der Waals surface area contributed by atoms with E-state index in [0.29, 0.717) is 23.0 Å². The second kappa shape index (κ2) is 6.27. The molecule has 0 aromatic heterocycles. The summed E-state index contributed by atoms with van der Waals surface area (Å²) in [6.07, 6.45) is 2.48. The highest BCUT2D eigenvalue weighted by molar-refractivity contribution is 5.87. The Bertz CT molecular complexity index is 933. The third-order valence-electron chi connectivity index (χ3n) is 4.49. The predicted molar refractivity (Wildman–Crippen MR) is 91.4 cm³/mol. The summed E-state index contributed by atoms with van der Waals surface area (Å²) in [5.41, 5.74) is 2.47. The molecule has 0 aliphatic heterocycles. The smallest absolute Gasteiger partial charge is 0.280 e. The van der Waals surface area contributed by atoms with Gasteiger partial charge in [-0.3, -0.25) is 25.0 Å². The molecule has 0 heterocycles.